The van der Waals surface area contributed by atoms with Gasteiger partial charge in [0.25, 0.3) is 0 Å². The molecule has 26 heavy (non-hydrogen) atoms. The van der Waals surface area contributed by atoms with Crippen LogP contribution in [0.4, 0.5) is 4.79 Å². The second-order valence-electron chi connectivity index (χ2n) is 6.46. The third kappa shape index (κ3) is 2.11. The van der Waals surface area contributed by atoms with Crippen LogP contribution in [-0.4, -0.2) is 60.6 Å². The first-order valence-electron chi connectivity index (χ1n) is 7.98. The Labute approximate surface area is 149 Å². The van der Waals surface area contributed by atoms with E-state index in [1.807, 2.05) is 4.90 Å². The molecule has 1 amide bonds. The standard InChI is InChI=1S/C15H18N4O5.H4N2/c1-5-9(16)12(21)8-6(4-24-14(17)22)15(23-2)13-7(18-13)3-19(15)10(8)11(5)20;1-2/h6-7,13,18H,3-4,16H2,1-2H3,(H2,17,22);1-2H2/t6-,7+,13+,15-;/m1./s1. The lowest BCUT2D eigenvalue weighted by Crippen LogP contribution is -2.55. The number of fused-ring (bicyclic) bond motifs is 4. The third-order valence-corrected chi connectivity index (χ3v) is 5.47. The van der Waals surface area contributed by atoms with Crippen molar-refractivity contribution in [2.75, 3.05) is 20.3 Å². The smallest absolute Gasteiger partial charge is 0.404 e. The fourth-order valence-corrected chi connectivity index (χ4v) is 4.31. The lowest BCUT2D eigenvalue weighted by atomic mass is 9.82. The van der Waals surface area contributed by atoms with Gasteiger partial charge in [-0.1, -0.05) is 0 Å². The maximum absolute atomic E-state index is 12.8. The van der Waals surface area contributed by atoms with Crippen LogP contribution in [0.1, 0.15) is 6.92 Å². The molecule has 3 aliphatic heterocycles. The van der Waals surface area contributed by atoms with Gasteiger partial charge in [0.05, 0.1) is 23.4 Å². The molecule has 11 heteroatoms. The number of hydrogen-bond acceptors (Lipinski definition) is 10. The van der Waals surface area contributed by atoms with Crippen molar-refractivity contribution in [2.24, 2.45) is 29.1 Å². The molecule has 1 aliphatic carbocycles. The van der Waals surface area contributed by atoms with Crippen LogP contribution in [0.3, 0.4) is 0 Å². The Morgan fingerprint density at radius 1 is 1.35 bits per heavy atom. The maximum atomic E-state index is 12.8. The predicted molar refractivity (Wildman–Crippen MR) is 88.5 cm³/mol. The second kappa shape index (κ2) is 6.06. The van der Waals surface area contributed by atoms with E-state index in [9.17, 15) is 14.4 Å². The minimum absolute atomic E-state index is 0.0586. The lowest BCUT2D eigenvalue weighted by Gasteiger charge is -2.39. The molecule has 0 unspecified atom stereocenters. The summed E-state index contributed by atoms with van der Waals surface area (Å²) in [6.45, 7) is 1.92. The summed E-state index contributed by atoms with van der Waals surface area (Å²) in [4.78, 5) is 38.4. The van der Waals surface area contributed by atoms with Crippen molar-refractivity contribution in [1.29, 1.82) is 0 Å². The van der Waals surface area contributed by atoms with E-state index in [-0.39, 0.29) is 41.3 Å². The summed E-state index contributed by atoms with van der Waals surface area (Å²) in [6, 6.07) is 0.109. The molecule has 9 N–H and O–H groups in total. The molecule has 0 aromatic rings. The van der Waals surface area contributed by atoms with Gasteiger partial charge in [0.2, 0.25) is 11.6 Å². The number of hydrogen-bond donors (Lipinski definition) is 5. The number of ether oxygens (including phenoxy) is 2. The number of primary amides is 1. The molecule has 0 bridgehead atoms. The Kier molecular flexibility index (Phi) is 4.27. The van der Waals surface area contributed by atoms with Crippen LogP contribution in [0, 0.1) is 5.92 Å². The van der Waals surface area contributed by atoms with E-state index in [1.165, 1.54) is 14.0 Å². The number of nitrogens with two attached hydrogens (primary N) is 4. The SMILES string of the molecule is CO[C@@]12[C@H](COC(N)=O)C3=C(C(=O)C(C)=C(N)C3=O)N1C[C@@H]1N[C@@H]12.NN. The average molecular weight is 366 g/mol. The zero-order valence-corrected chi connectivity index (χ0v) is 14.4. The van der Waals surface area contributed by atoms with Crippen molar-refractivity contribution in [3.8, 4) is 0 Å². The molecule has 3 heterocycles. The zero-order valence-electron chi connectivity index (χ0n) is 14.4. The fourth-order valence-electron chi connectivity index (χ4n) is 4.31. The summed E-state index contributed by atoms with van der Waals surface area (Å²) in [5, 5.41) is 3.28. The van der Waals surface area contributed by atoms with E-state index in [4.69, 9.17) is 20.9 Å². The van der Waals surface area contributed by atoms with Crippen LogP contribution in [0.5, 0.6) is 0 Å². The number of Topliss-reactive ketones (excluding diaryl/α,β-unsaturated/α-hetero) is 2. The van der Waals surface area contributed by atoms with E-state index in [1.54, 1.807) is 0 Å². The number of carbonyl (C=O) groups excluding carboxylic acids is 3. The van der Waals surface area contributed by atoms with Gasteiger partial charge in [-0.05, 0) is 6.92 Å². The molecule has 0 aromatic heterocycles. The van der Waals surface area contributed by atoms with E-state index in [0.29, 0.717) is 12.2 Å². The molecule has 11 nitrogen and oxygen atoms in total. The summed E-state index contributed by atoms with van der Waals surface area (Å²) >= 11 is 0. The quantitative estimate of drug-likeness (QED) is 0.150. The van der Waals surface area contributed by atoms with Crippen LogP contribution in [0.15, 0.2) is 22.5 Å². The van der Waals surface area contributed by atoms with Crippen molar-refractivity contribution in [3.05, 3.63) is 22.5 Å². The number of hydrazine groups is 1. The highest BCUT2D eigenvalue weighted by atomic mass is 16.6. The molecular formula is C15H22N6O5. The number of nitrogens with one attached hydrogen (secondary N) is 1. The molecule has 4 aliphatic rings. The Balaban J connectivity index is 0.000000948. The van der Waals surface area contributed by atoms with Gasteiger partial charge in [-0.15, -0.1) is 0 Å². The van der Waals surface area contributed by atoms with Crippen LogP contribution in [0.2, 0.25) is 0 Å². The first kappa shape index (κ1) is 18.3. The molecule has 0 radical (unpaired) electrons. The van der Waals surface area contributed by atoms with Crippen LogP contribution in [0.25, 0.3) is 0 Å². The van der Waals surface area contributed by atoms with E-state index in [2.05, 4.69) is 17.0 Å². The third-order valence-electron chi connectivity index (χ3n) is 5.47. The molecule has 4 rings (SSSR count). The number of rotatable bonds is 3. The number of nitrogens with zero attached hydrogens (tertiary/aromatic N) is 1. The minimum atomic E-state index is -0.957. The van der Waals surface area contributed by atoms with Crippen LogP contribution < -0.4 is 28.5 Å². The summed E-state index contributed by atoms with van der Waals surface area (Å²) in [5.41, 5.74) is 10.7. The van der Waals surface area contributed by atoms with E-state index in [0.717, 1.165) is 0 Å². The van der Waals surface area contributed by atoms with Gasteiger partial charge >= 0.3 is 6.09 Å². The van der Waals surface area contributed by atoms with Crippen molar-refractivity contribution in [1.82, 2.24) is 10.2 Å². The molecule has 142 valence electrons. The Morgan fingerprint density at radius 2 is 2.00 bits per heavy atom. The highest BCUT2D eigenvalue weighted by molar-refractivity contribution is 6.25. The summed E-state index contributed by atoms with van der Waals surface area (Å²) < 4.78 is 10.8. The molecule has 0 spiro atoms. The predicted octanol–water partition coefficient (Wildman–Crippen LogP) is -2.83. The van der Waals surface area contributed by atoms with Gasteiger partial charge in [-0.3, -0.25) is 21.3 Å². The van der Waals surface area contributed by atoms with Gasteiger partial charge in [0.1, 0.15) is 6.61 Å². The molecule has 4 atom stereocenters. The number of piperazine rings is 1. The molecule has 2 saturated heterocycles. The van der Waals surface area contributed by atoms with Gasteiger partial charge < -0.3 is 31.2 Å². The number of amides is 1. The van der Waals surface area contributed by atoms with E-state index < -0.39 is 23.5 Å². The summed E-state index contributed by atoms with van der Waals surface area (Å²) in [6.07, 6.45) is -0.950. The topological polar surface area (TPSA) is 199 Å². The Bertz CT molecular complexity index is 762. The summed E-state index contributed by atoms with van der Waals surface area (Å²) in [7, 11) is 1.52. The van der Waals surface area contributed by atoms with Crippen molar-refractivity contribution >= 4 is 17.7 Å². The normalized spacial score (nSPS) is 34.2. The molecule has 2 fully saturated rings. The monoisotopic (exact) mass is 366 g/mol. The second-order valence-corrected chi connectivity index (χ2v) is 6.46. The van der Waals surface area contributed by atoms with Crippen LogP contribution >= 0.6 is 0 Å². The van der Waals surface area contributed by atoms with E-state index >= 15 is 0 Å². The first-order chi connectivity index (χ1) is 12.3. The Morgan fingerprint density at radius 3 is 2.58 bits per heavy atom. The Hall–Kier alpha value is -2.47. The van der Waals surface area contributed by atoms with Gasteiger partial charge in [-0.25, -0.2) is 4.79 Å². The first-order valence-corrected chi connectivity index (χ1v) is 7.98. The van der Waals surface area contributed by atoms with Gasteiger partial charge in [-0.2, -0.15) is 0 Å². The minimum Gasteiger partial charge on any atom is -0.449 e. The number of allylic oxidation sites excluding steroid dienone is 2. The summed E-state index contributed by atoms with van der Waals surface area (Å²) in [5.74, 6) is 6.66. The number of carbonyl (C=O) groups is 3. The highest BCUT2D eigenvalue weighted by Gasteiger charge is 2.72. The zero-order chi connectivity index (χ0) is 19.4. The molecule has 0 aromatic carbocycles. The average Bonchev–Trinajstić information content (AvgIpc) is 3.24. The molecule has 0 saturated carbocycles. The van der Waals surface area contributed by atoms with Crippen molar-refractivity contribution in [3.63, 3.8) is 0 Å². The van der Waals surface area contributed by atoms with Crippen LogP contribution in [-0.2, 0) is 19.1 Å². The molecular weight excluding hydrogens is 344 g/mol. The van der Waals surface area contributed by atoms with Gasteiger partial charge in [0, 0.05) is 30.8 Å². The van der Waals surface area contributed by atoms with Crippen molar-refractivity contribution in [2.45, 2.75) is 24.7 Å². The number of methoxy groups -OCH3 is 1. The highest BCUT2D eigenvalue weighted by Crippen LogP contribution is 2.55. The lowest BCUT2D eigenvalue weighted by molar-refractivity contribution is -0.137. The van der Waals surface area contributed by atoms with Crippen molar-refractivity contribution < 1.29 is 23.9 Å². The maximum Gasteiger partial charge on any atom is 0.404 e. The number of ketones is 2. The fraction of sp³-hybridized carbons (Fsp3) is 0.533. The largest absolute Gasteiger partial charge is 0.449 e. The van der Waals surface area contributed by atoms with Gasteiger partial charge in [0.15, 0.2) is 5.72 Å².